The Morgan fingerprint density at radius 1 is 1.04 bits per heavy atom. The van der Waals surface area contributed by atoms with Gasteiger partial charge in [-0.15, -0.1) is 0 Å². The molecule has 0 spiro atoms. The van der Waals surface area contributed by atoms with E-state index >= 15 is 0 Å². The fraction of sp³-hybridized carbons (Fsp3) is 0.0526. The molecule has 0 bridgehead atoms. The van der Waals surface area contributed by atoms with Crippen molar-refractivity contribution >= 4 is 11.6 Å². The SMILES string of the molecule is COc1ccc(-c2noc(-c3nn(-c4ccc(Cl)cc4)ccc3=O)n2)cc1. The van der Waals surface area contributed by atoms with E-state index in [1.807, 2.05) is 0 Å². The molecule has 0 N–H and O–H groups in total. The van der Waals surface area contributed by atoms with Crippen molar-refractivity contribution in [2.75, 3.05) is 7.11 Å². The number of hydrogen-bond donors (Lipinski definition) is 0. The molecule has 0 amide bonds. The van der Waals surface area contributed by atoms with E-state index in [0.29, 0.717) is 10.8 Å². The second kappa shape index (κ2) is 7.05. The molecule has 8 heteroatoms. The summed E-state index contributed by atoms with van der Waals surface area (Å²) >= 11 is 5.91. The van der Waals surface area contributed by atoms with Crippen molar-refractivity contribution in [1.82, 2.24) is 19.9 Å². The Balaban J connectivity index is 1.71. The van der Waals surface area contributed by atoms with Gasteiger partial charge in [0, 0.05) is 22.8 Å². The van der Waals surface area contributed by atoms with Gasteiger partial charge in [-0.1, -0.05) is 16.8 Å². The van der Waals surface area contributed by atoms with Crippen LogP contribution in [0.4, 0.5) is 0 Å². The Kier molecular flexibility index (Phi) is 4.43. The molecule has 0 aliphatic heterocycles. The second-order valence-electron chi connectivity index (χ2n) is 5.60. The average molecular weight is 381 g/mol. The first-order valence-electron chi connectivity index (χ1n) is 7.98. The lowest BCUT2D eigenvalue weighted by atomic mass is 10.2. The highest BCUT2D eigenvalue weighted by atomic mass is 35.5. The predicted molar refractivity (Wildman–Crippen MR) is 100 cm³/mol. The van der Waals surface area contributed by atoms with Crippen LogP contribution >= 0.6 is 11.6 Å². The summed E-state index contributed by atoms with van der Waals surface area (Å²) in [5.74, 6) is 1.13. The Morgan fingerprint density at radius 2 is 1.78 bits per heavy atom. The highest BCUT2D eigenvalue weighted by molar-refractivity contribution is 6.30. The van der Waals surface area contributed by atoms with Crippen LogP contribution in [0.15, 0.2) is 70.1 Å². The normalized spacial score (nSPS) is 10.7. The minimum Gasteiger partial charge on any atom is -0.497 e. The Bertz CT molecular complexity index is 1130. The third-order valence-electron chi connectivity index (χ3n) is 3.88. The molecule has 27 heavy (non-hydrogen) atoms. The summed E-state index contributed by atoms with van der Waals surface area (Å²) in [6, 6.07) is 15.7. The molecule has 2 aromatic heterocycles. The van der Waals surface area contributed by atoms with E-state index in [1.165, 1.54) is 6.07 Å². The van der Waals surface area contributed by atoms with Gasteiger partial charge in [-0.2, -0.15) is 10.1 Å². The molecular formula is C19H13ClN4O3. The molecule has 4 rings (SSSR count). The van der Waals surface area contributed by atoms with Gasteiger partial charge in [0.1, 0.15) is 5.75 Å². The lowest BCUT2D eigenvalue weighted by Crippen LogP contribution is -2.12. The van der Waals surface area contributed by atoms with Crippen molar-refractivity contribution in [3.8, 4) is 34.4 Å². The van der Waals surface area contributed by atoms with Crippen LogP contribution in [0.2, 0.25) is 5.02 Å². The third kappa shape index (κ3) is 3.45. The quantitative estimate of drug-likeness (QED) is 0.537. The maximum Gasteiger partial charge on any atom is 0.282 e. The molecule has 0 atom stereocenters. The van der Waals surface area contributed by atoms with Gasteiger partial charge in [-0.3, -0.25) is 4.79 Å². The van der Waals surface area contributed by atoms with E-state index in [4.69, 9.17) is 20.9 Å². The first-order valence-corrected chi connectivity index (χ1v) is 8.36. The van der Waals surface area contributed by atoms with Gasteiger partial charge < -0.3 is 9.26 Å². The number of aromatic nitrogens is 4. The number of benzene rings is 2. The first-order chi connectivity index (χ1) is 13.1. The highest BCUT2D eigenvalue weighted by Crippen LogP contribution is 2.22. The van der Waals surface area contributed by atoms with E-state index in [0.717, 1.165) is 17.0 Å². The summed E-state index contributed by atoms with van der Waals surface area (Å²) in [6.45, 7) is 0. The second-order valence-corrected chi connectivity index (χ2v) is 6.04. The highest BCUT2D eigenvalue weighted by Gasteiger charge is 2.16. The zero-order valence-electron chi connectivity index (χ0n) is 14.2. The lowest BCUT2D eigenvalue weighted by molar-refractivity contribution is 0.414. The standard InChI is InChI=1S/C19H13ClN4O3/c1-26-15-8-2-12(3-9-15)18-21-19(27-23-18)17-16(25)10-11-24(22-17)14-6-4-13(20)5-7-14/h2-11H,1H3. The van der Waals surface area contributed by atoms with E-state index in [9.17, 15) is 4.79 Å². The maximum atomic E-state index is 12.2. The number of ether oxygens (including phenoxy) is 1. The van der Waals surface area contributed by atoms with Gasteiger partial charge in [-0.25, -0.2) is 4.68 Å². The molecule has 0 saturated carbocycles. The number of hydrogen-bond acceptors (Lipinski definition) is 6. The Labute approximate surface area is 158 Å². The Morgan fingerprint density at radius 3 is 2.48 bits per heavy atom. The summed E-state index contributed by atoms with van der Waals surface area (Å²) < 4.78 is 11.9. The fourth-order valence-corrected chi connectivity index (χ4v) is 2.60. The largest absolute Gasteiger partial charge is 0.497 e. The molecule has 2 heterocycles. The molecule has 0 aliphatic carbocycles. The minimum atomic E-state index is -0.315. The van der Waals surface area contributed by atoms with Crippen molar-refractivity contribution < 1.29 is 9.26 Å². The molecule has 0 unspecified atom stereocenters. The van der Waals surface area contributed by atoms with Crippen molar-refractivity contribution in [3.05, 3.63) is 76.0 Å². The van der Waals surface area contributed by atoms with E-state index in [2.05, 4.69) is 15.2 Å². The van der Waals surface area contributed by atoms with Crippen LogP contribution in [0.25, 0.3) is 28.7 Å². The van der Waals surface area contributed by atoms with Crippen LogP contribution in [-0.4, -0.2) is 27.0 Å². The van der Waals surface area contributed by atoms with Gasteiger partial charge in [0.15, 0.2) is 5.69 Å². The molecule has 134 valence electrons. The number of rotatable bonds is 4. The molecule has 7 nitrogen and oxygen atoms in total. The fourth-order valence-electron chi connectivity index (χ4n) is 2.47. The summed E-state index contributed by atoms with van der Waals surface area (Å²) in [5, 5.41) is 8.87. The lowest BCUT2D eigenvalue weighted by Gasteiger charge is -2.05. The molecule has 0 radical (unpaired) electrons. The van der Waals surface area contributed by atoms with Crippen LogP contribution in [0.1, 0.15) is 0 Å². The molecule has 2 aromatic carbocycles. The van der Waals surface area contributed by atoms with Crippen molar-refractivity contribution in [2.45, 2.75) is 0 Å². The number of nitrogens with zero attached hydrogens (tertiary/aromatic N) is 4. The molecule has 4 aromatic rings. The monoisotopic (exact) mass is 380 g/mol. The van der Waals surface area contributed by atoms with Gasteiger partial charge in [0.2, 0.25) is 11.3 Å². The van der Waals surface area contributed by atoms with Gasteiger partial charge in [-0.05, 0) is 48.5 Å². The van der Waals surface area contributed by atoms with Crippen molar-refractivity contribution in [1.29, 1.82) is 0 Å². The number of halogens is 1. The van der Waals surface area contributed by atoms with Crippen LogP contribution < -0.4 is 10.2 Å². The average Bonchev–Trinajstić information content (AvgIpc) is 3.19. The molecule has 0 fully saturated rings. The maximum absolute atomic E-state index is 12.2. The zero-order chi connectivity index (χ0) is 18.8. The van der Waals surface area contributed by atoms with E-state index in [-0.39, 0.29) is 17.0 Å². The van der Waals surface area contributed by atoms with Crippen LogP contribution in [0.3, 0.4) is 0 Å². The van der Waals surface area contributed by atoms with Crippen LogP contribution in [-0.2, 0) is 0 Å². The van der Waals surface area contributed by atoms with E-state index < -0.39 is 0 Å². The van der Waals surface area contributed by atoms with Crippen molar-refractivity contribution in [2.24, 2.45) is 0 Å². The predicted octanol–water partition coefficient (Wildman–Crippen LogP) is 3.61. The topological polar surface area (TPSA) is 83.0 Å². The zero-order valence-corrected chi connectivity index (χ0v) is 14.9. The molecule has 0 aliphatic rings. The summed E-state index contributed by atoms with van der Waals surface area (Å²) in [4.78, 5) is 16.5. The summed E-state index contributed by atoms with van der Waals surface area (Å²) in [7, 11) is 1.59. The van der Waals surface area contributed by atoms with Gasteiger partial charge >= 0.3 is 0 Å². The smallest absolute Gasteiger partial charge is 0.282 e. The third-order valence-corrected chi connectivity index (χ3v) is 4.13. The molecule has 0 saturated heterocycles. The van der Waals surface area contributed by atoms with Crippen LogP contribution in [0.5, 0.6) is 5.75 Å². The minimum absolute atomic E-state index is 0.0501. The molecular weight excluding hydrogens is 368 g/mol. The van der Waals surface area contributed by atoms with Gasteiger partial charge in [0.05, 0.1) is 12.8 Å². The van der Waals surface area contributed by atoms with E-state index in [1.54, 1.807) is 66.5 Å². The Hall–Kier alpha value is -3.45. The summed E-state index contributed by atoms with van der Waals surface area (Å²) in [5.41, 5.74) is 1.24. The van der Waals surface area contributed by atoms with Gasteiger partial charge in [0.25, 0.3) is 5.89 Å². The van der Waals surface area contributed by atoms with Crippen molar-refractivity contribution in [3.63, 3.8) is 0 Å². The first kappa shape index (κ1) is 17.0. The van der Waals surface area contributed by atoms with Crippen LogP contribution in [0, 0.1) is 0 Å². The number of methoxy groups -OCH3 is 1. The summed E-state index contributed by atoms with van der Waals surface area (Å²) in [6.07, 6.45) is 1.57.